The van der Waals surface area contributed by atoms with Crippen molar-refractivity contribution in [3.8, 4) is 16.1 Å². The highest BCUT2D eigenvalue weighted by atomic mass is 32.1. The fraction of sp³-hybridized carbons (Fsp3) is 0.167. The SMILES string of the molecule is [C-]#[N+]c1cn(-c2ccc3c(c2)-c2sc(C(=O)Cc4c(F)cccc4F)nc2CCC3)cn1. The Labute approximate surface area is 186 Å². The summed E-state index contributed by atoms with van der Waals surface area (Å²) in [6, 6.07) is 9.62. The van der Waals surface area contributed by atoms with Gasteiger partial charge in [-0.25, -0.2) is 13.8 Å². The molecule has 0 unspecified atom stereocenters. The van der Waals surface area contributed by atoms with E-state index in [0.29, 0.717) is 5.82 Å². The fourth-order valence-electron chi connectivity index (χ4n) is 3.90. The summed E-state index contributed by atoms with van der Waals surface area (Å²) in [5.41, 5.74) is 3.59. The number of imidazole rings is 1. The molecule has 0 saturated heterocycles. The lowest BCUT2D eigenvalue weighted by Crippen LogP contribution is -2.07. The van der Waals surface area contributed by atoms with Gasteiger partial charge in [0.1, 0.15) is 11.6 Å². The molecule has 4 aromatic rings. The maximum Gasteiger partial charge on any atom is 0.287 e. The van der Waals surface area contributed by atoms with Crippen molar-refractivity contribution in [3.05, 3.63) is 93.8 Å². The van der Waals surface area contributed by atoms with Gasteiger partial charge in [-0.3, -0.25) is 9.36 Å². The van der Waals surface area contributed by atoms with E-state index in [-0.39, 0.29) is 17.0 Å². The first-order chi connectivity index (χ1) is 15.5. The zero-order valence-electron chi connectivity index (χ0n) is 16.8. The summed E-state index contributed by atoms with van der Waals surface area (Å²) in [4.78, 5) is 25.7. The molecule has 0 spiro atoms. The molecule has 2 aromatic carbocycles. The van der Waals surface area contributed by atoms with Gasteiger partial charge >= 0.3 is 0 Å². The van der Waals surface area contributed by atoms with Crippen LogP contribution in [0.2, 0.25) is 0 Å². The predicted molar refractivity (Wildman–Crippen MR) is 117 cm³/mol. The minimum atomic E-state index is -0.731. The molecule has 0 radical (unpaired) electrons. The van der Waals surface area contributed by atoms with E-state index in [2.05, 4.69) is 14.8 Å². The van der Waals surface area contributed by atoms with Crippen LogP contribution < -0.4 is 0 Å². The van der Waals surface area contributed by atoms with E-state index in [1.54, 1.807) is 17.1 Å². The number of thiazole rings is 1. The summed E-state index contributed by atoms with van der Waals surface area (Å²) in [5.74, 6) is -1.55. The minimum absolute atomic E-state index is 0.235. The molecule has 0 amide bonds. The van der Waals surface area contributed by atoms with Gasteiger partial charge in [-0.2, -0.15) is 0 Å². The molecule has 8 heteroatoms. The Balaban J connectivity index is 1.52. The Morgan fingerprint density at radius 3 is 2.75 bits per heavy atom. The number of hydrogen-bond donors (Lipinski definition) is 0. The number of hydrogen-bond acceptors (Lipinski definition) is 4. The van der Waals surface area contributed by atoms with Crippen LogP contribution in [0.1, 0.15) is 33.0 Å². The monoisotopic (exact) mass is 446 g/mol. The van der Waals surface area contributed by atoms with Gasteiger partial charge in [-0.15, -0.1) is 16.3 Å². The summed E-state index contributed by atoms with van der Waals surface area (Å²) in [6.45, 7) is 7.11. The number of aryl methyl sites for hydroxylation is 2. The van der Waals surface area contributed by atoms with Gasteiger partial charge < -0.3 is 4.85 Å². The van der Waals surface area contributed by atoms with Crippen LogP contribution in [0.3, 0.4) is 0 Å². The molecular weight excluding hydrogens is 430 g/mol. The topological polar surface area (TPSA) is 52.1 Å². The first-order valence-corrected chi connectivity index (χ1v) is 10.9. The number of carbonyl (C=O) groups excluding carboxylic acids is 1. The molecule has 0 N–H and O–H groups in total. The Bertz CT molecular complexity index is 1380. The van der Waals surface area contributed by atoms with E-state index in [9.17, 15) is 13.6 Å². The normalized spacial score (nSPS) is 12.5. The van der Waals surface area contributed by atoms with E-state index in [1.807, 2.05) is 18.2 Å². The third-order valence-electron chi connectivity index (χ3n) is 5.51. The fourth-order valence-corrected chi connectivity index (χ4v) is 5.00. The average molecular weight is 446 g/mol. The molecular formula is C24H16F2N4OS. The molecule has 32 heavy (non-hydrogen) atoms. The van der Waals surface area contributed by atoms with Gasteiger partial charge in [-0.05, 0) is 54.7 Å². The van der Waals surface area contributed by atoms with Crippen LogP contribution >= 0.6 is 11.3 Å². The number of ketones is 1. The summed E-state index contributed by atoms with van der Waals surface area (Å²) in [6.07, 6.45) is 5.40. The van der Waals surface area contributed by atoms with Gasteiger partial charge in [0.2, 0.25) is 0 Å². The zero-order chi connectivity index (χ0) is 22.2. The number of fused-ring (bicyclic) bond motifs is 3. The summed E-state index contributed by atoms with van der Waals surface area (Å²) in [7, 11) is 0. The van der Waals surface area contributed by atoms with Gasteiger partial charge in [0.05, 0.1) is 10.6 Å². The predicted octanol–water partition coefficient (Wildman–Crippen LogP) is 5.74. The van der Waals surface area contributed by atoms with Crippen LogP contribution in [-0.4, -0.2) is 20.3 Å². The Morgan fingerprint density at radius 1 is 1.19 bits per heavy atom. The highest BCUT2D eigenvalue weighted by molar-refractivity contribution is 7.17. The number of halogens is 2. The molecule has 0 bridgehead atoms. The Hall–Kier alpha value is -3.70. The van der Waals surface area contributed by atoms with Crippen LogP contribution in [0, 0.1) is 18.2 Å². The zero-order valence-corrected chi connectivity index (χ0v) is 17.6. The van der Waals surface area contributed by atoms with Crippen molar-refractivity contribution < 1.29 is 13.6 Å². The summed E-state index contributed by atoms with van der Waals surface area (Å²) < 4.78 is 29.8. The van der Waals surface area contributed by atoms with Crippen LogP contribution in [0.4, 0.5) is 14.6 Å². The van der Waals surface area contributed by atoms with Crippen molar-refractivity contribution in [3.63, 3.8) is 0 Å². The largest absolute Gasteiger partial charge is 0.359 e. The van der Waals surface area contributed by atoms with Gasteiger partial charge in [0, 0.05) is 23.9 Å². The number of benzene rings is 2. The van der Waals surface area contributed by atoms with Crippen molar-refractivity contribution in [2.45, 2.75) is 25.7 Å². The molecule has 0 saturated carbocycles. The van der Waals surface area contributed by atoms with E-state index in [4.69, 9.17) is 6.57 Å². The minimum Gasteiger partial charge on any atom is -0.359 e. The number of aromatic nitrogens is 3. The van der Waals surface area contributed by atoms with E-state index in [1.165, 1.54) is 17.4 Å². The number of rotatable bonds is 4. The molecule has 1 aliphatic rings. The van der Waals surface area contributed by atoms with Crippen molar-refractivity contribution in [1.29, 1.82) is 0 Å². The van der Waals surface area contributed by atoms with Gasteiger partial charge in [-0.1, -0.05) is 18.7 Å². The second-order valence-electron chi connectivity index (χ2n) is 7.54. The maximum atomic E-state index is 14.0. The van der Waals surface area contributed by atoms with Crippen LogP contribution in [0.15, 0.2) is 48.9 Å². The third-order valence-corrected chi connectivity index (χ3v) is 6.69. The molecule has 0 aliphatic heterocycles. The van der Waals surface area contributed by atoms with Crippen LogP contribution in [0.5, 0.6) is 0 Å². The molecule has 2 heterocycles. The lowest BCUT2D eigenvalue weighted by molar-refractivity contribution is 0.0990. The van der Waals surface area contributed by atoms with Crippen molar-refractivity contribution in [2.24, 2.45) is 0 Å². The maximum absolute atomic E-state index is 14.0. The first kappa shape index (κ1) is 20.2. The van der Waals surface area contributed by atoms with E-state index in [0.717, 1.165) is 58.8 Å². The Morgan fingerprint density at radius 2 is 2.00 bits per heavy atom. The molecule has 1 aliphatic carbocycles. The Kier molecular flexibility index (Phi) is 5.11. The van der Waals surface area contributed by atoms with Crippen molar-refractivity contribution >= 4 is 22.9 Å². The number of nitrogens with zero attached hydrogens (tertiary/aromatic N) is 4. The lowest BCUT2D eigenvalue weighted by atomic mass is 10.0. The summed E-state index contributed by atoms with van der Waals surface area (Å²) in [5, 5.41) is 0.258. The second kappa shape index (κ2) is 8.09. The molecule has 0 fully saturated rings. The molecule has 2 aromatic heterocycles. The van der Waals surface area contributed by atoms with Crippen LogP contribution in [0.25, 0.3) is 21.0 Å². The molecule has 5 nitrogen and oxygen atoms in total. The average Bonchev–Trinajstić information content (AvgIpc) is 3.41. The van der Waals surface area contributed by atoms with Crippen molar-refractivity contribution in [2.75, 3.05) is 0 Å². The quantitative estimate of drug-likeness (QED) is 0.297. The molecule has 158 valence electrons. The van der Waals surface area contributed by atoms with Gasteiger partial charge in [0.15, 0.2) is 17.1 Å². The second-order valence-corrected chi connectivity index (χ2v) is 8.54. The third kappa shape index (κ3) is 3.61. The first-order valence-electron chi connectivity index (χ1n) is 10.0. The smallest absolute Gasteiger partial charge is 0.287 e. The highest BCUT2D eigenvalue weighted by Crippen LogP contribution is 2.38. The highest BCUT2D eigenvalue weighted by Gasteiger charge is 2.24. The molecule has 0 atom stereocenters. The number of Topliss-reactive ketones (excluding diaryl/α,β-unsaturated/α-hetero) is 1. The molecule has 5 rings (SSSR count). The number of carbonyl (C=O) groups is 1. The van der Waals surface area contributed by atoms with E-state index >= 15 is 0 Å². The lowest BCUT2D eigenvalue weighted by Gasteiger charge is -2.09. The van der Waals surface area contributed by atoms with Crippen LogP contribution in [-0.2, 0) is 19.3 Å². The van der Waals surface area contributed by atoms with E-state index < -0.39 is 17.4 Å². The summed E-state index contributed by atoms with van der Waals surface area (Å²) >= 11 is 1.27. The van der Waals surface area contributed by atoms with Crippen molar-refractivity contribution in [1.82, 2.24) is 14.5 Å². The standard InChI is InChI=1S/C24H16F2N4OS/c1-27-22-12-30(13-28-22)15-9-8-14-4-2-7-20-23(16(14)10-15)32-24(29-20)21(31)11-17-18(25)5-3-6-19(17)26/h3,5-6,8-10,12-13H,2,4,7,11H2. The van der Waals surface area contributed by atoms with Gasteiger partial charge in [0.25, 0.3) is 5.82 Å².